The highest BCUT2D eigenvalue weighted by Crippen LogP contribution is 2.30. The number of benzene rings is 1. The van der Waals surface area contributed by atoms with Crippen LogP contribution in [0.15, 0.2) is 43.0 Å². The van der Waals surface area contributed by atoms with Crippen molar-refractivity contribution in [2.75, 3.05) is 18.1 Å². The number of aromatic nitrogens is 4. The molecule has 1 aliphatic heterocycles. The van der Waals surface area contributed by atoms with E-state index in [0.717, 1.165) is 17.0 Å². The fourth-order valence-corrected chi connectivity index (χ4v) is 3.11. The summed E-state index contributed by atoms with van der Waals surface area (Å²) in [4.78, 5) is 6.74. The summed E-state index contributed by atoms with van der Waals surface area (Å²) >= 11 is 6.11. The van der Waals surface area contributed by atoms with Crippen LogP contribution in [0, 0.1) is 0 Å². The largest absolute Gasteiger partial charge is 0.370 e. The second-order valence-corrected chi connectivity index (χ2v) is 6.13. The minimum Gasteiger partial charge on any atom is -0.370 e. The number of nitrogens with zero attached hydrogens (tertiary/aromatic N) is 5. The zero-order valence-electron chi connectivity index (χ0n) is 12.6. The van der Waals surface area contributed by atoms with Gasteiger partial charge in [-0.3, -0.25) is 4.40 Å². The molecule has 0 saturated carbocycles. The van der Waals surface area contributed by atoms with Gasteiger partial charge in [-0.15, -0.1) is 10.2 Å². The van der Waals surface area contributed by atoms with Crippen LogP contribution < -0.4 is 4.90 Å². The lowest BCUT2D eigenvalue weighted by molar-refractivity contribution is 0.0213. The van der Waals surface area contributed by atoms with Gasteiger partial charge in [0.2, 0.25) is 5.65 Å². The van der Waals surface area contributed by atoms with Crippen LogP contribution in [-0.4, -0.2) is 38.8 Å². The summed E-state index contributed by atoms with van der Waals surface area (Å²) < 4.78 is 7.88. The third-order valence-corrected chi connectivity index (χ3v) is 4.36. The molecule has 3 aromatic rings. The predicted molar refractivity (Wildman–Crippen MR) is 87.7 cm³/mol. The molecular weight excluding hydrogens is 314 g/mol. The van der Waals surface area contributed by atoms with Crippen molar-refractivity contribution < 1.29 is 4.74 Å². The van der Waals surface area contributed by atoms with Gasteiger partial charge in [0.15, 0.2) is 5.82 Å². The fourth-order valence-electron chi connectivity index (χ4n) is 2.91. The van der Waals surface area contributed by atoms with Crippen LogP contribution in [-0.2, 0) is 4.74 Å². The summed E-state index contributed by atoms with van der Waals surface area (Å²) in [5.74, 6) is 0.827. The van der Waals surface area contributed by atoms with Gasteiger partial charge < -0.3 is 9.64 Å². The summed E-state index contributed by atoms with van der Waals surface area (Å²) in [6, 6.07) is 8.01. The fraction of sp³-hybridized carbons (Fsp3) is 0.312. The highest BCUT2D eigenvalue weighted by Gasteiger charge is 2.29. The van der Waals surface area contributed by atoms with Gasteiger partial charge in [-0.2, -0.15) is 0 Å². The van der Waals surface area contributed by atoms with E-state index >= 15 is 0 Å². The number of rotatable bonds is 2. The number of anilines is 1. The minimum absolute atomic E-state index is 0.0464. The first kappa shape index (κ1) is 14.4. The highest BCUT2D eigenvalue weighted by atomic mass is 35.5. The van der Waals surface area contributed by atoms with Crippen LogP contribution in [0.25, 0.3) is 5.65 Å². The van der Waals surface area contributed by atoms with Gasteiger partial charge in [0, 0.05) is 17.4 Å². The molecule has 118 valence electrons. The third kappa shape index (κ3) is 2.64. The van der Waals surface area contributed by atoms with Crippen molar-refractivity contribution in [3.05, 3.63) is 53.6 Å². The maximum absolute atomic E-state index is 6.11. The molecule has 1 saturated heterocycles. The Labute approximate surface area is 138 Å². The first-order valence-corrected chi connectivity index (χ1v) is 7.88. The Morgan fingerprint density at radius 3 is 3.13 bits per heavy atom. The van der Waals surface area contributed by atoms with Crippen molar-refractivity contribution >= 4 is 23.1 Å². The zero-order valence-corrected chi connectivity index (χ0v) is 13.4. The van der Waals surface area contributed by atoms with E-state index in [2.05, 4.69) is 27.0 Å². The molecule has 0 spiro atoms. The Hall–Kier alpha value is -2.18. The molecule has 4 rings (SSSR count). The van der Waals surface area contributed by atoms with Gasteiger partial charge in [-0.05, 0) is 24.6 Å². The van der Waals surface area contributed by atoms with Crippen LogP contribution in [0.2, 0.25) is 5.02 Å². The van der Waals surface area contributed by atoms with Crippen LogP contribution in [0.1, 0.15) is 18.6 Å². The van der Waals surface area contributed by atoms with E-state index in [1.165, 1.54) is 0 Å². The van der Waals surface area contributed by atoms with E-state index in [1.54, 1.807) is 12.5 Å². The highest BCUT2D eigenvalue weighted by molar-refractivity contribution is 6.30. The molecule has 1 aromatic carbocycles. The van der Waals surface area contributed by atoms with Gasteiger partial charge >= 0.3 is 0 Å². The number of morpholine rings is 1. The number of hydrogen-bond donors (Lipinski definition) is 0. The Morgan fingerprint density at radius 2 is 2.26 bits per heavy atom. The van der Waals surface area contributed by atoms with E-state index < -0.39 is 0 Å². The quantitative estimate of drug-likeness (QED) is 0.723. The topological polar surface area (TPSA) is 55.5 Å². The number of halogens is 1. The molecule has 1 fully saturated rings. The van der Waals surface area contributed by atoms with Crippen LogP contribution in [0.5, 0.6) is 0 Å². The molecule has 0 radical (unpaired) electrons. The second kappa shape index (κ2) is 5.79. The third-order valence-electron chi connectivity index (χ3n) is 4.12. The molecular formula is C16H16ClN5O. The molecule has 1 aliphatic rings. The van der Waals surface area contributed by atoms with Crippen LogP contribution in [0.3, 0.4) is 0 Å². The van der Waals surface area contributed by atoms with E-state index in [4.69, 9.17) is 16.3 Å². The van der Waals surface area contributed by atoms with Crippen LogP contribution >= 0.6 is 11.6 Å². The van der Waals surface area contributed by atoms with Gasteiger partial charge in [-0.25, -0.2) is 4.98 Å². The Kier molecular flexibility index (Phi) is 3.63. The number of hydrogen-bond acceptors (Lipinski definition) is 5. The molecule has 2 atom stereocenters. The van der Waals surface area contributed by atoms with E-state index in [9.17, 15) is 0 Å². The van der Waals surface area contributed by atoms with Crippen molar-refractivity contribution in [2.24, 2.45) is 0 Å². The minimum atomic E-state index is -0.0464. The lowest BCUT2D eigenvalue weighted by Crippen LogP contribution is -2.45. The summed E-state index contributed by atoms with van der Waals surface area (Å²) in [6.07, 6.45) is 5.25. The SMILES string of the molecule is C[C@@H]1CO[C@H](c2cccc(Cl)c2)CN1c1nccn2cnnc12. The Balaban J connectivity index is 1.69. The lowest BCUT2D eigenvalue weighted by atomic mass is 10.1. The van der Waals surface area contributed by atoms with Crippen molar-refractivity contribution in [3.8, 4) is 0 Å². The normalized spacial score (nSPS) is 21.7. The molecule has 0 aliphatic carbocycles. The monoisotopic (exact) mass is 329 g/mol. The molecule has 0 N–H and O–H groups in total. The summed E-state index contributed by atoms with van der Waals surface area (Å²) in [6.45, 7) is 3.44. The van der Waals surface area contributed by atoms with Gasteiger partial charge in [0.25, 0.3) is 0 Å². The molecule has 2 aromatic heterocycles. The maximum atomic E-state index is 6.11. The maximum Gasteiger partial charge on any atom is 0.203 e. The van der Waals surface area contributed by atoms with Crippen molar-refractivity contribution in [3.63, 3.8) is 0 Å². The average Bonchev–Trinajstić information content (AvgIpc) is 3.04. The smallest absolute Gasteiger partial charge is 0.203 e. The Morgan fingerprint density at radius 1 is 1.35 bits per heavy atom. The summed E-state index contributed by atoms with van der Waals surface area (Å²) in [7, 11) is 0. The first-order chi connectivity index (χ1) is 11.2. The Bertz CT molecular complexity index is 836. The molecule has 7 heteroatoms. The zero-order chi connectivity index (χ0) is 15.8. The van der Waals surface area contributed by atoms with Crippen molar-refractivity contribution in [1.82, 2.24) is 19.6 Å². The van der Waals surface area contributed by atoms with Gasteiger partial charge in [0.05, 0.1) is 19.2 Å². The standard InChI is InChI=1S/C16H16ClN5O/c1-11-9-23-14(12-3-2-4-13(17)7-12)8-22(11)15-16-20-19-10-21(16)6-5-18-15/h2-7,10-11,14H,8-9H2,1H3/t11-,14+/m1/s1. The summed E-state index contributed by atoms with van der Waals surface area (Å²) in [5.41, 5.74) is 1.83. The summed E-state index contributed by atoms with van der Waals surface area (Å²) in [5, 5.41) is 8.87. The van der Waals surface area contributed by atoms with Crippen LogP contribution in [0.4, 0.5) is 5.82 Å². The molecule has 0 unspecified atom stereocenters. The van der Waals surface area contributed by atoms with Crippen molar-refractivity contribution in [1.29, 1.82) is 0 Å². The second-order valence-electron chi connectivity index (χ2n) is 5.69. The van der Waals surface area contributed by atoms with E-state index in [0.29, 0.717) is 18.2 Å². The predicted octanol–water partition coefficient (Wildman–Crippen LogP) is 2.74. The molecule has 3 heterocycles. The average molecular weight is 330 g/mol. The van der Waals surface area contributed by atoms with Crippen molar-refractivity contribution in [2.45, 2.75) is 19.1 Å². The first-order valence-electron chi connectivity index (χ1n) is 7.50. The van der Waals surface area contributed by atoms with E-state index in [1.807, 2.05) is 34.9 Å². The lowest BCUT2D eigenvalue weighted by Gasteiger charge is -2.38. The molecule has 0 bridgehead atoms. The van der Waals surface area contributed by atoms with Gasteiger partial charge in [0.1, 0.15) is 12.4 Å². The molecule has 23 heavy (non-hydrogen) atoms. The molecule has 0 amide bonds. The number of ether oxygens (including phenoxy) is 1. The van der Waals surface area contributed by atoms with E-state index in [-0.39, 0.29) is 12.1 Å². The molecule has 6 nitrogen and oxygen atoms in total. The number of fused-ring (bicyclic) bond motifs is 1. The van der Waals surface area contributed by atoms with Gasteiger partial charge in [-0.1, -0.05) is 23.7 Å².